The molecule has 0 aliphatic carbocycles. The van der Waals surface area contributed by atoms with E-state index in [0.29, 0.717) is 0 Å². The number of nitrogens with one attached hydrogen (secondary N) is 1. The fourth-order valence-corrected chi connectivity index (χ4v) is 1.40. The molecule has 1 aromatic rings. The molecule has 7 nitrogen and oxygen atoms in total. The number of ether oxygens (including phenoxy) is 1. The second-order valence-electron chi connectivity index (χ2n) is 3.71. The summed E-state index contributed by atoms with van der Waals surface area (Å²) in [5.41, 5.74) is -0.322. The minimum Gasteiger partial charge on any atom is -0.478 e. The number of carbonyl (C=O) groups is 3. The van der Waals surface area contributed by atoms with E-state index in [9.17, 15) is 14.4 Å². The first kappa shape index (κ1) is 15.9. The molecule has 0 heterocycles. The summed E-state index contributed by atoms with van der Waals surface area (Å²) >= 11 is 0. The van der Waals surface area contributed by atoms with Crippen molar-refractivity contribution in [3.8, 4) is 6.07 Å². The minimum absolute atomic E-state index is 0.0125. The zero-order valence-corrected chi connectivity index (χ0v) is 11.1. The van der Waals surface area contributed by atoms with Crippen LogP contribution in [-0.4, -0.2) is 29.4 Å². The highest BCUT2D eigenvalue weighted by atomic mass is 16.5. The Morgan fingerprint density at radius 1 is 1.38 bits per heavy atom. The quantitative estimate of drug-likeness (QED) is 0.351. The van der Waals surface area contributed by atoms with Crippen molar-refractivity contribution >= 4 is 23.4 Å². The number of ketones is 1. The van der Waals surface area contributed by atoms with Crippen molar-refractivity contribution in [1.29, 1.82) is 5.26 Å². The lowest BCUT2D eigenvalue weighted by Crippen LogP contribution is -2.19. The largest absolute Gasteiger partial charge is 0.478 e. The van der Waals surface area contributed by atoms with Crippen molar-refractivity contribution in [3.63, 3.8) is 0 Å². The number of para-hydroxylation sites is 1. The summed E-state index contributed by atoms with van der Waals surface area (Å²) < 4.78 is 4.50. The molecule has 0 spiro atoms. The lowest BCUT2D eigenvalue weighted by molar-refractivity contribution is -0.151. The van der Waals surface area contributed by atoms with Gasteiger partial charge in [0, 0.05) is 6.20 Å². The Kier molecular flexibility index (Phi) is 5.65. The van der Waals surface area contributed by atoms with Gasteiger partial charge in [-0.15, -0.1) is 0 Å². The lowest BCUT2D eigenvalue weighted by Gasteiger charge is -2.05. The van der Waals surface area contributed by atoms with Crippen LogP contribution >= 0.6 is 0 Å². The van der Waals surface area contributed by atoms with Crippen LogP contribution in [0.5, 0.6) is 0 Å². The summed E-state index contributed by atoms with van der Waals surface area (Å²) in [4.78, 5) is 33.8. The third-order valence-electron chi connectivity index (χ3n) is 2.36. The summed E-state index contributed by atoms with van der Waals surface area (Å²) in [7, 11) is 0. The van der Waals surface area contributed by atoms with Crippen molar-refractivity contribution in [1.82, 2.24) is 0 Å². The number of hydrogen-bond donors (Lipinski definition) is 2. The maximum atomic E-state index is 11.6. The molecule has 0 aliphatic rings. The first-order chi connectivity index (χ1) is 10.0. The normalized spacial score (nSPS) is 10.4. The molecule has 0 unspecified atom stereocenters. The van der Waals surface area contributed by atoms with Crippen LogP contribution in [0.3, 0.4) is 0 Å². The standard InChI is InChI=1S/C14H12N2O5/c1-2-21-14(20)12(17)9(7-15)8-16-11-6-4-3-5-10(11)13(18)19/h3-6,8,16H,2H2,1H3,(H,18,19)/b9-8+. The van der Waals surface area contributed by atoms with E-state index in [1.54, 1.807) is 12.1 Å². The van der Waals surface area contributed by atoms with E-state index >= 15 is 0 Å². The van der Waals surface area contributed by atoms with Gasteiger partial charge in [-0.1, -0.05) is 12.1 Å². The van der Waals surface area contributed by atoms with Gasteiger partial charge in [0.15, 0.2) is 0 Å². The number of benzene rings is 1. The van der Waals surface area contributed by atoms with Gasteiger partial charge in [-0.2, -0.15) is 5.26 Å². The number of Topliss-reactive ketones (excluding diaryl/α,β-unsaturated/α-hetero) is 1. The first-order valence-corrected chi connectivity index (χ1v) is 5.91. The van der Waals surface area contributed by atoms with Crippen LogP contribution < -0.4 is 5.32 Å². The number of aromatic carboxylic acids is 1. The SMILES string of the molecule is CCOC(=O)C(=O)/C(C#N)=C/Nc1ccccc1C(=O)O. The monoisotopic (exact) mass is 288 g/mol. The van der Waals surface area contributed by atoms with Crippen molar-refractivity contribution in [2.45, 2.75) is 6.92 Å². The molecule has 1 rings (SSSR count). The molecule has 0 bridgehead atoms. The number of carboxylic acids is 1. The second kappa shape index (κ2) is 7.45. The molecule has 21 heavy (non-hydrogen) atoms. The Balaban J connectivity index is 2.97. The molecule has 0 saturated carbocycles. The van der Waals surface area contributed by atoms with Gasteiger partial charge >= 0.3 is 11.9 Å². The minimum atomic E-state index is -1.17. The lowest BCUT2D eigenvalue weighted by atomic mass is 10.1. The van der Waals surface area contributed by atoms with Crippen molar-refractivity contribution < 1.29 is 24.2 Å². The molecule has 0 atom stereocenters. The number of nitrogens with zero attached hydrogens (tertiary/aromatic N) is 1. The second-order valence-corrected chi connectivity index (χ2v) is 3.71. The number of hydrogen-bond acceptors (Lipinski definition) is 6. The predicted molar refractivity (Wildman–Crippen MR) is 72.4 cm³/mol. The van der Waals surface area contributed by atoms with E-state index in [1.165, 1.54) is 25.1 Å². The fraction of sp³-hybridized carbons (Fsp3) is 0.143. The van der Waals surface area contributed by atoms with Gasteiger partial charge in [0.25, 0.3) is 5.78 Å². The number of carboxylic acid groups (broad SMARTS) is 1. The summed E-state index contributed by atoms with van der Waals surface area (Å²) in [5, 5.41) is 20.4. The molecule has 0 aromatic heterocycles. The molecule has 0 amide bonds. The van der Waals surface area contributed by atoms with Crippen LogP contribution in [0.2, 0.25) is 0 Å². The van der Waals surface area contributed by atoms with E-state index in [4.69, 9.17) is 10.4 Å². The van der Waals surface area contributed by atoms with Gasteiger partial charge in [-0.3, -0.25) is 4.79 Å². The number of carbonyl (C=O) groups excluding carboxylic acids is 2. The summed E-state index contributed by atoms with van der Waals surface area (Å²) in [5.74, 6) is -3.40. The molecular weight excluding hydrogens is 276 g/mol. The molecule has 1 aromatic carbocycles. The molecular formula is C14H12N2O5. The Hall–Kier alpha value is -3.14. The van der Waals surface area contributed by atoms with Crippen LogP contribution in [-0.2, 0) is 14.3 Å². The maximum absolute atomic E-state index is 11.6. The molecule has 108 valence electrons. The van der Waals surface area contributed by atoms with E-state index in [1.807, 2.05) is 0 Å². The number of nitriles is 1. The van der Waals surface area contributed by atoms with Crippen LogP contribution in [0.15, 0.2) is 36.0 Å². The number of rotatable bonds is 6. The number of anilines is 1. The van der Waals surface area contributed by atoms with E-state index in [-0.39, 0.29) is 17.9 Å². The zero-order valence-electron chi connectivity index (χ0n) is 11.1. The molecule has 7 heteroatoms. The highest BCUT2D eigenvalue weighted by molar-refractivity contribution is 6.41. The summed E-state index contributed by atoms with van der Waals surface area (Å²) in [6.07, 6.45) is 0.973. The van der Waals surface area contributed by atoms with Gasteiger partial charge in [-0.25, -0.2) is 9.59 Å². The van der Waals surface area contributed by atoms with E-state index in [2.05, 4.69) is 10.1 Å². The molecule has 0 fully saturated rings. The predicted octanol–water partition coefficient (Wildman–Crippen LogP) is 1.34. The number of esters is 1. The Labute approximate surface area is 120 Å². The third kappa shape index (κ3) is 4.18. The molecule has 0 aliphatic heterocycles. The van der Waals surface area contributed by atoms with E-state index in [0.717, 1.165) is 6.20 Å². The van der Waals surface area contributed by atoms with Crippen LogP contribution in [0.1, 0.15) is 17.3 Å². The third-order valence-corrected chi connectivity index (χ3v) is 2.36. The Bertz CT molecular complexity index is 643. The summed E-state index contributed by atoms with van der Waals surface area (Å²) in [6, 6.07) is 7.50. The highest BCUT2D eigenvalue weighted by Crippen LogP contribution is 2.15. The average Bonchev–Trinajstić information content (AvgIpc) is 2.48. The molecule has 0 radical (unpaired) electrons. The van der Waals surface area contributed by atoms with Crippen molar-refractivity contribution in [3.05, 3.63) is 41.6 Å². The summed E-state index contributed by atoms with van der Waals surface area (Å²) in [6.45, 7) is 1.54. The fourth-order valence-electron chi connectivity index (χ4n) is 1.40. The van der Waals surface area contributed by atoms with Crippen LogP contribution in [0, 0.1) is 11.3 Å². The zero-order chi connectivity index (χ0) is 15.8. The van der Waals surface area contributed by atoms with Gasteiger partial charge in [0.2, 0.25) is 0 Å². The van der Waals surface area contributed by atoms with Gasteiger partial charge < -0.3 is 15.2 Å². The average molecular weight is 288 g/mol. The maximum Gasteiger partial charge on any atom is 0.380 e. The van der Waals surface area contributed by atoms with Gasteiger partial charge in [0.1, 0.15) is 11.6 Å². The first-order valence-electron chi connectivity index (χ1n) is 5.91. The smallest absolute Gasteiger partial charge is 0.380 e. The van der Waals surface area contributed by atoms with Gasteiger partial charge in [-0.05, 0) is 19.1 Å². The van der Waals surface area contributed by atoms with Crippen molar-refractivity contribution in [2.75, 3.05) is 11.9 Å². The molecule has 2 N–H and O–H groups in total. The Morgan fingerprint density at radius 2 is 2.05 bits per heavy atom. The topological polar surface area (TPSA) is 116 Å². The van der Waals surface area contributed by atoms with Crippen LogP contribution in [0.4, 0.5) is 5.69 Å². The van der Waals surface area contributed by atoms with Crippen LogP contribution in [0.25, 0.3) is 0 Å². The van der Waals surface area contributed by atoms with E-state index < -0.39 is 23.3 Å². The molecule has 0 saturated heterocycles. The highest BCUT2D eigenvalue weighted by Gasteiger charge is 2.20. The van der Waals surface area contributed by atoms with Gasteiger partial charge in [0.05, 0.1) is 17.9 Å². The Morgan fingerprint density at radius 3 is 2.62 bits per heavy atom. The van der Waals surface area contributed by atoms with Crippen molar-refractivity contribution in [2.24, 2.45) is 0 Å².